The van der Waals surface area contributed by atoms with Gasteiger partial charge in [-0.1, -0.05) is 0 Å². The molecule has 1 heterocycles. The molecule has 0 aromatic carbocycles. The number of carboxylic acids is 1. The fourth-order valence-electron chi connectivity index (χ4n) is 1.07. The van der Waals surface area contributed by atoms with Crippen LogP contribution in [-0.2, 0) is 9.59 Å². The van der Waals surface area contributed by atoms with Gasteiger partial charge in [0, 0.05) is 12.4 Å². The number of aromatic nitrogens is 1. The van der Waals surface area contributed by atoms with Crippen molar-refractivity contribution in [3.8, 4) is 0 Å². The molecular formula is C8H10N2O3. The summed E-state index contributed by atoms with van der Waals surface area (Å²) in [6.07, 6.45) is 2.98. The summed E-state index contributed by atoms with van der Waals surface area (Å²) in [5.41, 5.74) is 4.92. The Balaban J connectivity index is 2.81. The van der Waals surface area contributed by atoms with E-state index in [1.54, 1.807) is 24.5 Å². The van der Waals surface area contributed by atoms with Crippen molar-refractivity contribution in [2.45, 2.75) is 12.5 Å². The van der Waals surface area contributed by atoms with Crippen molar-refractivity contribution in [2.24, 2.45) is 5.73 Å². The molecule has 5 heteroatoms. The SMILES string of the molecule is NC(=O)C[C@H](C(=O)O)n1cccc1. The highest BCUT2D eigenvalue weighted by Gasteiger charge is 2.20. The largest absolute Gasteiger partial charge is 0.480 e. The van der Waals surface area contributed by atoms with Crippen LogP contribution in [-0.4, -0.2) is 21.6 Å². The van der Waals surface area contributed by atoms with Gasteiger partial charge in [-0.25, -0.2) is 4.79 Å². The van der Waals surface area contributed by atoms with Crippen LogP contribution in [0.15, 0.2) is 24.5 Å². The number of nitrogens with two attached hydrogens (primary N) is 1. The Kier molecular flexibility index (Phi) is 2.69. The van der Waals surface area contributed by atoms with Gasteiger partial charge in [0.25, 0.3) is 0 Å². The zero-order valence-electron chi connectivity index (χ0n) is 6.88. The summed E-state index contributed by atoms with van der Waals surface area (Å²) < 4.78 is 1.44. The van der Waals surface area contributed by atoms with Gasteiger partial charge in [0.15, 0.2) is 0 Å². The average molecular weight is 182 g/mol. The lowest BCUT2D eigenvalue weighted by Gasteiger charge is -2.11. The van der Waals surface area contributed by atoms with Gasteiger partial charge in [-0.3, -0.25) is 4.79 Å². The number of amides is 1. The third kappa shape index (κ3) is 2.33. The van der Waals surface area contributed by atoms with E-state index in [9.17, 15) is 9.59 Å². The van der Waals surface area contributed by atoms with Crippen LogP contribution in [0.1, 0.15) is 12.5 Å². The molecule has 3 N–H and O–H groups in total. The Morgan fingerprint density at radius 2 is 1.92 bits per heavy atom. The molecule has 1 amide bonds. The Bertz CT molecular complexity index is 305. The quantitative estimate of drug-likeness (QED) is 0.686. The predicted molar refractivity (Wildman–Crippen MR) is 44.9 cm³/mol. The second-order valence-corrected chi connectivity index (χ2v) is 2.65. The number of primary amides is 1. The van der Waals surface area contributed by atoms with Crippen molar-refractivity contribution >= 4 is 11.9 Å². The van der Waals surface area contributed by atoms with Crippen LogP contribution in [0.5, 0.6) is 0 Å². The predicted octanol–water partition coefficient (Wildman–Crippen LogP) is -0.0108. The third-order valence-corrected chi connectivity index (χ3v) is 1.67. The molecule has 1 aromatic rings. The lowest BCUT2D eigenvalue weighted by atomic mass is 10.2. The topological polar surface area (TPSA) is 85.3 Å². The second-order valence-electron chi connectivity index (χ2n) is 2.65. The maximum atomic E-state index is 10.7. The molecule has 0 saturated heterocycles. The molecule has 0 spiro atoms. The molecule has 0 saturated carbocycles. The van der Waals surface area contributed by atoms with Crippen molar-refractivity contribution in [1.82, 2.24) is 4.57 Å². The van der Waals surface area contributed by atoms with E-state index in [0.717, 1.165) is 0 Å². The van der Waals surface area contributed by atoms with Crippen molar-refractivity contribution in [2.75, 3.05) is 0 Å². The van der Waals surface area contributed by atoms with Gasteiger partial charge in [-0.2, -0.15) is 0 Å². The van der Waals surface area contributed by atoms with Crippen LogP contribution >= 0.6 is 0 Å². The van der Waals surface area contributed by atoms with Gasteiger partial charge in [0.1, 0.15) is 6.04 Å². The van der Waals surface area contributed by atoms with Crippen molar-refractivity contribution in [3.05, 3.63) is 24.5 Å². The molecule has 1 atom stereocenters. The molecule has 70 valence electrons. The first-order chi connectivity index (χ1) is 6.11. The lowest BCUT2D eigenvalue weighted by Crippen LogP contribution is -2.24. The molecule has 0 radical (unpaired) electrons. The minimum absolute atomic E-state index is 0.190. The lowest BCUT2D eigenvalue weighted by molar-refractivity contribution is -0.142. The summed E-state index contributed by atoms with van der Waals surface area (Å²) in [5.74, 6) is -1.68. The summed E-state index contributed by atoms with van der Waals surface area (Å²) in [6.45, 7) is 0. The van der Waals surface area contributed by atoms with E-state index in [0.29, 0.717) is 0 Å². The van der Waals surface area contributed by atoms with E-state index < -0.39 is 17.9 Å². The zero-order valence-corrected chi connectivity index (χ0v) is 6.88. The van der Waals surface area contributed by atoms with Crippen molar-refractivity contribution in [1.29, 1.82) is 0 Å². The number of carbonyl (C=O) groups excluding carboxylic acids is 1. The summed E-state index contributed by atoms with van der Waals surface area (Å²) in [7, 11) is 0. The molecular weight excluding hydrogens is 172 g/mol. The number of nitrogens with zero attached hydrogens (tertiary/aromatic N) is 1. The molecule has 0 aliphatic carbocycles. The van der Waals surface area contributed by atoms with Crippen LogP contribution in [0.25, 0.3) is 0 Å². The van der Waals surface area contributed by atoms with E-state index in [4.69, 9.17) is 10.8 Å². The Hall–Kier alpha value is -1.78. The molecule has 0 fully saturated rings. The van der Waals surface area contributed by atoms with Gasteiger partial charge >= 0.3 is 5.97 Å². The smallest absolute Gasteiger partial charge is 0.327 e. The van der Waals surface area contributed by atoms with Gasteiger partial charge in [0.05, 0.1) is 6.42 Å². The highest BCUT2D eigenvalue weighted by atomic mass is 16.4. The number of carbonyl (C=O) groups is 2. The monoisotopic (exact) mass is 182 g/mol. The molecule has 0 aliphatic heterocycles. The van der Waals surface area contributed by atoms with Crippen molar-refractivity contribution < 1.29 is 14.7 Å². The minimum atomic E-state index is -1.06. The summed E-state index contributed by atoms with van der Waals surface area (Å²) >= 11 is 0. The van der Waals surface area contributed by atoms with E-state index in [1.807, 2.05) is 0 Å². The molecule has 5 nitrogen and oxygen atoms in total. The summed E-state index contributed by atoms with van der Waals surface area (Å²) in [5, 5.41) is 8.77. The van der Waals surface area contributed by atoms with Gasteiger partial charge in [0.2, 0.25) is 5.91 Å². The number of rotatable bonds is 4. The first-order valence-corrected chi connectivity index (χ1v) is 3.75. The van der Waals surface area contributed by atoms with E-state index in [2.05, 4.69) is 0 Å². The zero-order chi connectivity index (χ0) is 9.84. The Morgan fingerprint density at radius 1 is 1.38 bits per heavy atom. The van der Waals surface area contributed by atoms with E-state index in [-0.39, 0.29) is 6.42 Å². The standard InChI is InChI=1S/C8H10N2O3/c9-7(11)5-6(8(12)13)10-3-1-2-4-10/h1-4,6H,5H2,(H2,9,11)(H,12,13)/t6-/m1/s1. The molecule has 1 aromatic heterocycles. The fraction of sp³-hybridized carbons (Fsp3) is 0.250. The fourth-order valence-corrected chi connectivity index (χ4v) is 1.07. The van der Waals surface area contributed by atoms with Gasteiger partial charge < -0.3 is 15.4 Å². The van der Waals surface area contributed by atoms with Crippen LogP contribution in [0.2, 0.25) is 0 Å². The molecule has 0 aliphatic rings. The van der Waals surface area contributed by atoms with Crippen LogP contribution in [0.4, 0.5) is 0 Å². The number of aliphatic carboxylic acids is 1. The Labute approximate surface area is 74.8 Å². The molecule has 13 heavy (non-hydrogen) atoms. The first kappa shape index (κ1) is 9.31. The summed E-state index contributed by atoms with van der Waals surface area (Å²) in [4.78, 5) is 21.3. The number of hydrogen-bond acceptors (Lipinski definition) is 2. The highest BCUT2D eigenvalue weighted by Crippen LogP contribution is 2.11. The van der Waals surface area contributed by atoms with E-state index >= 15 is 0 Å². The molecule has 0 unspecified atom stereocenters. The van der Waals surface area contributed by atoms with Gasteiger partial charge in [-0.05, 0) is 12.1 Å². The third-order valence-electron chi connectivity index (χ3n) is 1.67. The number of hydrogen-bond donors (Lipinski definition) is 2. The minimum Gasteiger partial charge on any atom is -0.480 e. The molecule has 1 rings (SSSR count). The van der Waals surface area contributed by atoms with Gasteiger partial charge in [-0.15, -0.1) is 0 Å². The van der Waals surface area contributed by atoms with Crippen molar-refractivity contribution in [3.63, 3.8) is 0 Å². The number of carboxylic acid groups (broad SMARTS) is 1. The molecule has 0 bridgehead atoms. The average Bonchev–Trinajstić information content (AvgIpc) is 2.50. The Morgan fingerprint density at radius 3 is 2.31 bits per heavy atom. The summed E-state index contributed by atoms with van der Waals surface area (Å²) in [6, 6.07) is 2.49. The first-order valence-electron chi connectivity index (χ1n) is 3.75. The maximum absolute atomic E-state index is 10.7. The van der Waals surface area contributed by atoms with Crippen LogP contribution in [0, 0.1) is 0 Å². The normalized spacial score (nSPS) is 12.3. The second kappa shape index (κ2) is 3.75. The van der Waals surface area contributed by atoms with Crippen LogP contribution in [0.3, 0.4) is 0 Å². The van der Waals surface area contributed by atoms with Crippen LogP contribution < -0.4 is 5.73 Å². The highest BCUT2D eigenvalue weighted by molar-refractivity contribution is 5.82. The van der Waals surface area contributed by atoms with E-state index in [1.165, 1.54) is 4.57 Å². The maximum Gasteiger partial charge on any atom is 0.327 e.